The van der Waals surface area contributed by atoms with Crippen LogP contribution < -0.4 is 4.74 Å². The molecule has 4 heteroatoms. The normalized spacial score (nSPS) is 10.8. The monoisotopic (exact) mass is 276 g/mol. The van der Waals surface area contributed by atoms with Gasteiger partial charge in [0, 0.05) is 17.5 Å². The lowest BCUT2D eigenvalue weighted by Gasteiger charge is -2.12. The Morgan fingerprint density at radius 3 is 2.63 bits per heavy atom. The summed E-state index contributed by atoms with van der Waals surface area (Å²) in [4.78, 5) is 8.51. The van der Waals surface area contributed by atoms with Crippen molar-refractivity contribution in [2.24, 2.45) is 0 Å². The molecule has 0 spiro atoms. The summed E-state index contributed by atoms with van der Waals surface area (Å²) in [6.07, 6.45) is 1.71. The van der Waals surface area contributed by atoms with E-state index in [-0.39, 0.29) is 0 Å². The van der Waals surface area contributed by atoms with Crippen molar-refractivity contribution in [1.29, 1.82) is 0 Å². The molecule has 0 radical (unpaired) electrons. The number of ether oxygens (including phenoxy) is 1. The number of aromatic nitrogens is 2. The molecule has 2 aromatic rings. The van der Waals surface area contributed by atoms with Crippen LogP contribution in [0.15, 0.2) is 30.5 Å². The third kappa shape index (κ3) is 3.24. The van der Waals surface area contributed by atoms with Crippen LogP contribution in [0, 0.1) is 6.92 Å². The molecule has 0 unspecified atom stereocenters. The number of para-hydroxylation sites is 1. The Kier molecular flexibility index (Phi) is 4.38. The van der Waals surface area contributed by atoms with Gasteiger partial charge in [0.1, 0.15) is 5.75 Å². The average molecular weight is 277 g/mol. The van der Waals surface area contributed by atoms with E-state index in [1.165, 1.54) is 0 Å². The molecule has 0 N–H and O–H groups in total. The summed E-state index contributed by atoms with van der Waals surface area (Å²) in [5.74, 6) is 1.60. The molecule has 19 heavy (non-hydrogen) atoms. The second kappa shape index (κ2) is 6.02. The highest BCUT2D eigenvalue weighted by atomic mass is 35.5. The molecular formula is C15H17ClN2O. The van der Waals surface area contributed by atoms with Crippen molar-refractivity contribution in [1.82, 2.24) is 9.97 Å². The van der Waals surface area contributed by atoms with Crippen molar-refractivity contribution in [3.63, 3.8) is 0 Å². The molecule has 100 valence electrons. The van der Waals surface area contributed by atoms with Crippen LogP contribution in [0.25, 0.3) is 0 Å². The van der Waals surface area contributed by atoms with E-state index in [9.17, 15) is 0 Å². The minimum Gasteiger partial charge on any atom is -0.424 e. The predicted octanol–water partition coefficient (Wildman–Crippen LogP) is 4.44. The average Bonchev–Trinajstić information content (AvgIpc) is 2.39. The number of alkyl halides is 1. The fraction of sp³-hybridized carbons (Fsp3) is 0.333. The molecule has 0 aliphatic carbocycles. The second-order valence-corrected chi connectivity index (χ2v) is 4.96. The van der Waals surface area contributed by atoms with Gasteiger partial charge in [-0.2, -0.15) is 4.98 Å². The molecule has 0 fully saturated rings. The third-order valence-electron chi connectivity index (χ3n) is 2.95. The molecule has 0 aliphatic rings. The van der Waals surface area contributed by atoms with Gasteiger partial charge < -0.3 is 4.74 Å². The van der Waals surface area contributed by atoms with E-state index in [1.54, 1.807) is 6.20 Å². The standard InChI is InChI=1S/C15H17ClN2O/c1-10(2)13-6-4-5-7-14(13)19-15-17-9-12(8-16)11(3)18-15/h4-7,9-10H,8H2,1-3H3. The molecular weight excluding hydrogens is 260 g/mol. The highest BCUT2D eigenvalue weighted by molar-refractivity contribution is 6.17. The fourth-order valence-corrected chi connectivity index (χ4v) is 2.06. The second-order valence-electron chi connectivity index (χ2n) is 4.69. The van der Waals surface area contributed by atoms with E-state index in [1.807, 2.05) is 25.1 Å². The minimum atomic E-state index is 0.361. The Labute approximate surface area is 118 Å². The number of rotatable bonds is 4. The van der Waals surface area contributed by atoms with Gasteiger partial charge in [-0.15, -0.1) is 11.6 Å². The van der Waals surface area contributed by atoms with Gasteiger partial charge in [0.05, 0.1) is 5.88 Å². The van der Waals surface area contributed by atoms with Gasteiger partial charge in [-0.1, -0.05) is 32.0 Å². The van der Waals surface area contributed by atoms with Crippen molar-refractivity contribution in [3.05, 3.63) is 47.3 Å². The molecule has 1 heterocycles. The van der Waals surface area contributed by atoms with Gasteiger partial charge >= 0.3 is 6.01 Å². The Bertz CT molecular complexity index is 570. The lowest BCUT2D eigenvalue weighted by molar-refractivity contribution is 0.432. The summed E-state index contributed by atoms with van der Waals surface area (Å²) >= 11 is 5.79. The van der Waals surface area contributed by atoms with Crippen molar-refractivity contribution >= 4 is 11.6 Å². The largest absolute Gasteiger partial charge is 0.424 e. The molecule has 0 saturated heterocycles. The van der Waals surface area contributed by atoms with Crippen LogP contribution in [0.2, 0.25) is 0 Å². The van der Waals surface area contributed by atoms with E-state index in [4.69, 9.17) is 16.3 Å². The first kappa shape index (κ1) is 13.8. The fourth-order valence-electron chi connectivity index (χ4n) is 1.80. The molecule has 2 rings (SSSR count). The Balaban J connectivity index is 2.29. The van der Waals surface area contributed by atoms with Crippen LogP contribution in [0.1, 0.15) is 36.6 Å². The summed E-state index contributed by atoms with van der Waals surface area (Å²) in [5.41, 5.74) is 2.92. The van der Waals surface area contributed by atoms with Crippen LogP contribution >= 0.6 is 11.6 Å². The minimum absolute atomic E-state index is 0.361. The molecule has 1 aromatic carbocycles. The van der Waals surface area contributed by atoms with Gasteiger partial charge in [-0.25, -0.2) is 4.98 Å². The smallest absolute Gasteiger partial charge is 0.322 e. The first-order valence-corrected chi connectivity index (χ1v) is 6.80. The van der Waals surface area contributed by atoms with Crippen molar-refractivity contribution in [3.8, 4) is 11.8 Å². The molecule has 0 bridgehead atoms. The number of benzene rings is 1. The van der Waals surface area contributed by atoms with Crippen LogP contribution in [-0.4, -0.2) is 9.97 Å². The molecule has 0 aliphatic heterocycles. The Morgan fingerprint density at radius 1 is 1.26 bits per heavy atom. The summed E-state index contributed by atoms with van der Waals surface area (Å²) in [6, 6.07) is 8.30. The Hall–Kier alpha value is -1.61. The van der Waals surface area contributed by atoms with E-state index in [2.05, 4.69) is 29.9 Å². The maximum absolute atomic E-state index is 5.79. The van der Waals surface area contributed by atoms with Crippen molar-refractivity contribution in [2.75, 3.05) is 0 Å². The van der Waals surface area contributed by atoms with Gasteiger partial charge in [0.15, 0.2) is 0 Å². The van der Waals surface area contributed by atoms with Gasteiger partial charge in [-0.3, -0.25) is 0 Å². The van der Waals surface area contributed by atoms with Gasteiger partial charge in [-0.05, 0) is 24.5 Å². The highest BCUT2D eigenvalue weighted by Crippen LogP contribution is 2.28. The lowest BCUT2D eigenvalue weighted by Crippen LogP contribution is -1.99. The molecule has 0 amide bonds. The van der Waals surface area contributed by atoms with Crippen molar-refractivity contribution < 1.29 is 4.74 Å². The molecule has 3 nitrogen and oxygen atoms in total. The topological polar surface area (TPSA) is 35.0 Å². The van der Waals surface area contributed by atoms with E-state index in [0.29, 0.717) is 17.8 Å². The predicted molar refractivity (Wildman–Crippen MR) is 76.9 cm³/mol. The van der Waals surface area contributed by atoms with E-state index in [0.717, 1.165) is 22.6 Å². The summed E-state index contributed by atoms with van der Waals surface area (Å²) in [7, 11) is 0. The van der Waals surface area contributed by atoms with Crippen LogP contribution in [0.4, 0.5) is 0 Å². The van der Waals surface area contributed by atoms with Crippen molar-refractivity contribution in [2.45, 2.75) is 32.6 Å². The van der Waals surface area contributed by atoms with E-state index >= 15 is 0 Å². The molecule has 1 aromatic heterocycles. The zero-order chi connectivity index (χ0) is 13.8. The maximum atomic E-state index is 5.79. The molecule has 0 saturated carbocycles. The summed E-state index contributed by atoms with van der Waals surface area (Å²) < 4.78 is 5.79. The number of hydrogen-bond donors (Lipinski definition) is 0. The zero-order valence-corrected chi connectivity index (χ0v) is 12.1. The SMILES string of the molecule is Cc1nc(Oc2ccccc2C(C)C)ncc1CCl. The van der Waals surface area contributed by atoms with Crippen LogP contribution in [0.5, 0.6) is 11.8 Å². The highest BCUT2D eigenvalue weighted by Gasteiger charge is 2.10. The number of nitrogens with zero attached hydrogens (tertiary/aromatic N) is 2. The first-order valence-electron chi connectivity index (χ1n) is 6.27. The Morgan fingerprint density at radius 2 is 2.00 bits per heavy atom. The summed E-state index contributed by atoms with van der Waals surface area (Å²) in [6.45, 7) is 6.16. The molecule has 0 atom stereocenters. The van der Waals surface area contributed by atoms with Crippen LogP contribution in [0.3, 0.4) is 0 Å². The maximum Gasteiger partial charge on any atom is 0.322 e. The van der Waals surface area contributed by atoms with Gasteiger partial charge in [0.25, 0.3) is 0 Å². The first-order chi connectivity index (χ1) is 9.11. The number of aryl methyl sites for hydroxylation is 1. The summed E-state index contributed by atoms with van der Waals surface area (Å²) in [5, 5.41) is 0. The van der Waals surface area contributed by atoms with Gasteiger partial charge in [0.2, 0.25) is 0 Å². The third-order valence-corrected chi connectivity index (χ3v) is 3.23. The van der Waals surface area contributed by atoms with Crippen LogP contribution in [-0.2, 0) is 5.88 Å². The number of hydrogen-bond acceptors (Lipinski definition) is 3. The lowest BCUT2D eigenvalue weighted by atomic mass is 10.0. The van der Waals surface area contributed by atoms with E-state index < -0.39 is 0 Å². The quantitative estimate of drug-likeness (QED) is 0.775. The number of halogens is 1. The zero-order valence-electron chi connectivity index (χ0n) is 11.4.